The molecule has 1 aliphatic rings. The van der Waals surface area contributed by atoms with Gasteiger partial charge in [-0.3, -0.25) is 9.59 Å². The van der Waals surface area contributed by atoms with Gasteiger partial charge in [-0.05, 0) is 37.1 Å². The minimum Gasteiger partial charge on any atom is -0.377 e. The Kier molecular flexibility index (Phi) is 5.33. The number of nitrogens with zero attached hydrogens (tertiary/aromatic N) is 1. The van der Waals surface area contributed by atoms with Gasteiger partial charge in [0.05, 0.1) is 13.2 Å². The van der Waals surface area contributed by atoms with Crippen molar-refractivity contribution in [2.45, 2.75) is 26.3 Å². The molecule has 0 aliphatic carbocycles. The number of rotatable bonds is 5. The number of carbonyl (C=O) groups excluding carboxylic acids is 2. The maximum absolute atomic E-state index is 12.3. The predicted octanol–water partition coefficient (Wildman–Crippen LogP) is 1.54. The van der Waals surface area contributed by atoms with Crippen molar-refractivity contribution in [3.05, 3.63) is 29.3 Å². The molecule has 1 unspecified atom stereocenters. The number of aryl methyl sites for hydroxylation is 1. The lowest BCUT2D eigenvalue weighted by Gasteiger charge is -2.37. The van der Waals surface area contributed by atoms with E-state index in [0.29, 0.717) is 31.9 Å². The predicted molar refractivity (Wildman–Crippen MR) is 81.8 cm³/mol. The van der Waals surface area contributed by atoms with E-state index in [1.165, 1.54) is 0 Å². The fraction of sp³-hybridized carbons (Fsp3) is 0.500. The van der Waals surface area contributed by atoms with Gasteiger partial charge in [0.1, 0.15) is 12.3 Å². The van der Waals surface area contributed by atoms with Crippen molar-refractivity contribution in [1.82, 2.24) is 5.32 Å². The fourth-order valence-corrected chi connectivity index (χ4v) is 2.55. The van der Waals surface area contributed by atoms with Gasteiger partial charge in [-0.1, -0.05) is 6.92 Å². The summed E-state index contributed by atoms with van der Waals surface area (Å²) in [7, 11) is 0. The van der Waals surface area contributed by atoms with Crippen LogP contribution < -0.4 is 10.2 Å². The van der Waals surface area contributed by atoms with Gasteiger partial charge >= 0.3 is 0 Å². The SMILES string of the molecule is CCCNC(=O)C1COCCN1c1ccc(C=O)cc1C. The Labute approximate surface area is 125 Å². The minimum atomic E-state index is -0.314. The van der Waals surface area contributed by atoms with Crippen molar-refractivity contribution in [2.75, 3.05) is 31.2 Å². The van der Waals surface area contributed by atoms with Crippen molar-refractivity contribution in [1.29, 1.82) is 0 Å². The summed E-state index contributed by atoms with van der Waals surface area (Å²) in [5.74, 6) is -0.00425. The summed E-state index contributed by atoms with van der Waals surface area (Å²) in [6, 6.07) is 5.22. The van der Waals surface area contributed by atoms with Crippen molar-refractivity contribution < 1.29 is 14.3 Å². The zero-order chi connectivity index (χ0) is 15.2. The third-order valence-electron chi connectivity index (χ3n) is 3.65. The van der Waals surface area contributed by atoms with E-state index in [9.17, 15) is 9.59 Å². The highest BCUT2D eigenvalue weighted by Gasteiger charge is 2.30. The van der Waals surface area contributed by atoms with Crippen LogP contribution in [-0.2, 0) is 9.53 Å². The number of hydrogen-bond donors (Lipinski definition) is 1. The van der Waals surface area contributed by atoms with Crippen molar-refractivity contribution in [2.24, 2.45) is 0 Å². The van der Waals surface area contributed by atoms with Crippen LogP contribution in [0.1, 0.15) is 29.3 Å². The van der Waals surface area contributed by atoms with Crippen LogP contribution in [0.4, 0.5) is 5.69 Å². The number of aldehydes is 1. The molecule has 0 aromatic heterocycles. The third kappa shape index (κ3) is 3.61. The van der Waals surface area contributed by atoms with E-state index in [2.05, 4.69) is 10.2 Å². The summed E-state index contributed by atoms with van der Waals surface area (Å²) in [5, 5.41) is 2.93. The number of ether oxygens (including phenoxy) is 1. The van der Waals surface area contributed by atoms with Gasteiger partial charge in [0, 0.05) is 24.3 Å². The molecule has 1 amide bonds. The number of nitrogens with one attached hydrogen (secondary N) is 1. The van der Waals surface area contributed by atoms with Crippen LogP contribution in [0, 0.1) is 6.92 Å². The zero-order valence-electron chi connectivity index (χ0n) is 12.6. The lowest BCUT2D eigenvalue weighted by molar-refractivity contribution is -0.124. The van der Waals surface area contributed by atoms with Crippen LogP contribution in [0.25, 0.3) is 0 Å². The Balaban J connectivity index is 2.22. The van der Waals surface area contributed by atoms with Crippen LogP contribution in [-0.4, -0.2) is 44.5 Å². The molecule has 0 spiro atoms. The fourth-order valence-electron chi connectivity index (χ4n) is 2.55. The van der Waals surface area contributed by atoms with E-state index in [1.807, 2.05) is 26.0 Å². The Hall–Kier alpha value is -1.88. The molecule has 1 heterocycles. The van der Waals surface area contributed by atoms with Crippen molar-refractivity contribution >= 4 is 17.9 Å². The molecule has 1 aromatic carbocycles. The Morgan fingerprint density at radius 1 is 1.52 bits per heavy atom. The maximum Gasteiger partial charge on any atom is 0.245 e. The lowest BCUT2D eigenvalue weighted by Crippen LogP contribution is -2.54. The summed E-state index contributed by atoms with van der Waals surface area (Å²) in [5.41, 5.74) is 2.63. The number of hydrogen-bond acceptors (Lipinski definition) is 4. The molecular formula is C16H22N2O3. The molecule has 1 aliphatic heterocycles. The number of anilines is 1. The van der Waals surface area contributed by atoms with Gasteiger partial charge < -0.3 is 15.0 Å². The standard InChI is InChI=1S/C16H22N2O3/c1-3-6-17-16(20)15-11-21-8-7-18(15)14-5-4-13(10-19)9-12(14)2/h4-5,9-10,15H,3,6-8,11H2,1-2H3,(H,17,20). The van der Waals surface area contributed by atoms with Crippen LogP contribution in [0.15, 0.2) is 18.2 Å². The molecule has 5 heteroatoms. The minimum absolute atomic E-state index is 0.00425. The summed E-state index contributed by atoms with van der Waals surface area (Å²) < 4.78 is 5.46. The monoisotopic (exact) mass is 290 g/mol. The van der Waals surface area contributed by atoms with Crippen molar-refractivity contribution in [3.8, 4) is 0 Å². The average molecular weight is 290 g/mol. The van der Waals surface area contributed by atoms with Gasteiger partial charge in [0.25, 0.3) is 0 Å². The number of carbonyl (C=O) groups is 2. The molecule has 2 rings (SSSR count). The second-order valence-corrected chi connectivity index (χ2v) is 5.24. The molecule has 1 aromatic rings. The number of morpholine rings is 1. The van der Waals surface area contributed by atoms with E-state index in [4.69, 9.17) is 4.74 Å². The molecule has 1 saturated heterocycles. The summed E-state index contributed by atoms with van der Waals surface area (Å²) in [6.45, 7) is 6.32. The molecule has 21 heavy (non-hydrogen) atoms. The highest BCUT2D eigenvalue weighted by Crippen LogP contribution is 2.24. The van der Waals surface area contributed by atoms with E-state index >= 15 is 0 Å². The first-order valence-corrected chi connectivity index (χ1v) is 7.35. The van der Waals surface area contributed by atoms with E-state index in [1.54, 1.807) is 6.07 Å². The number of amides is 1. The quantitative estimate of drug-likeness (QED) is 0.836. The average Bonchev–Trinajstić information content (AvgIpc) is 2.52. The van der Waals surface area contributed by atoms with Gasteiger partial charge in [0.15, 0.2) is 0 Å². The first-order chi connectivity index (χ1) is 10.2. The first kappa shape index (κ1) is 15.5. The highest BCUT2D eigenvalue weighted by molar-refractivity contribution is 5.86. The lowest BCUT2D eigenvalue weighted by atomic mass is 10.1. The van der Waals surface area contributed by atoms with Gasteiger partial charge in [-0.15, -0.1) is 0 Å². The molecule has 0 bridgehead atoms. The molecule has 0 saturated carbocycles. The van der Waals surface area contributed by atoms with Crippen LogP contribution in [0.2, 0.25) is 0 Å². The molecular weight excluding hydrogens is 268 g/mol. The van der Waals surface area contributed by atoms with Crippen molar-refractivity contribution in [3.63, 3.8) is 0 Å². The number of benzene rings is 1. The largest absolute Gasteiger partial charge is 0.377 e. The molecule has 0 radical (unpaired) electrons. The van der Waals surface area contributed by atoms with E-state index < -0.39 is 0 Å². The van der Waals surface area contributed by atoms with Gasteiger partial charge in [0.2, 0.25) is 5.91 Å². The first-order valence-electron chi connectivity index (χ1n) is 7.35. The van der Waals surface area contributed by atoms with Gasteiger partial charge in [-0.2, -0.15) is 0 Å². The molecule has 1 N–H and O–H groups in total. The zero-order valence-corrected chi connectivity index (χ0v) is 12.6. The second kappa shape index (κ2) is 7.22. The normalized spacial score (nSPS) is 18.4. The summed E-state index contributed by atoms with van der Waals surface area (Å²) >= 11 is 0. The molecule has 1 atom stereocenters. The molecule has 5 nitrogen and oxygen atoms in total. The second-order valence-electron chi connectivity index (χ2n) is 5.24. The molecule has 1 fully saturated rings. The summed E-state index contributed by atoms with van der Waals surface area (Å²) in [6.07, 6.45) is 1.74. The Morgan fingerprint density at radius 2 is 2.33 bits per heavy atom. The Morgan fingerprint density at radius 3 is 3.00 bits per heavy atom. The van der Waals surface area contributed by atoms with E-state index in [-0.39, 0.29) is 11.9 Å². The van der Waals surface area contributed by atoms with Crippen LogP contribution in [0.3, 0.4) is 0 Å². The highest BCUT2D eigenvalue weighted by atomic mass is 16.5. The maximum atomic E-state index is 12.3. The third-order valence-corrected chi connectivity index (χ3v) is 3.65. The Bertz CT molecular complexity index is 516. The van der Waals surface area contributed by atoms with Crippen LogP contribution in [0.5, 0.6) is 0 Å². The molecule has 114 valence electrons. The van der Waals surface area contributed by atoms with Gasteiger partial charge in [-0.25, -0.2) is 0 Å². The summed E-state index contributed by atoms with van der Waals surface area (Å²) in [4.78, 5) is 25.2. The smallest absolute Gasteiger partial charge is 0.245 e. The van der Waals surface area contributed by atoms with Crippen LogP contribution >= 0.6 is 0 Å². The topological polar surface area (TPSA) is 58.6 Å². The van der Waals surface area contributed by atoms with E-state index in [0.717, 1.165) is 24.0 Å².